The molecule has 0 heteroatoms. The van der Waals surface area contributed by atoms with Gasteiger partial charge in [0, 0.05) is 0 Å². The molecule has 0 saturated carbocycles. The van der Waals surface area contributed by atoms with Crippen LogP contribution >= 0.6 is 0 Å². The van der Waals surface area contributed by atoms with Crippen molar-refractivity contribution in [3.05, 3.63) is 50.6 Å². The first kappa shape index (κ1) is 38.3. The first-order valence-electron chi connectivity index (χ1n) is 3.96. The fourth-order valence-electron chi connectivity index (χ4n) is 0. The summed E-state index contributed by atoms with van der Waals surface area (Å²) in [7, 11) is 0. The number of hydrogen-bond donors (Lipinski definition) is 0. The summed E-state index contributed by atoms with van der Waals surface area (Å²) in [5.41, 5.74) is 0. The van der Waals surface area contributed by atoms with Crippen LogP contribution in [0.15, 0.2) is 50.6 Å². The average Bonchev–Trinajstić information content (AvgIpc) is 2.10. The zero-order valence-electron chi connectivity index (χ0n) is 9.14. The summed E-state index contributed by atoms with van der Waals surface area (Å²) in [5.74, 6) is 0. The molecule has 88 valence electrons. The molecule has 0 aromatic carbocycles. The third kappa shape index (κ3) is 680000. The molecule has 0 atom stereocenters. The minimum Gasteiger partial charge on any atom is -0.106 e. The summed E-state index contributed by atoms with van der Waals surface area (Å²) in [6, 6.07) is 0. The maximum absolute atomic E-state index is 3.36. The molecular weight excluding hydrogens is 168 g/mol. The second kappa shape index (κ2) is 164. The standard InChI is InChI=1S/C4H8.2C3H6.C2H4.2CH4/c1-3-4-2;2*1-3-2;1-2;;/h3-4H,1-2H3;2*3H,1H2,2H3;1-2H2;2*1H4/b4-3-;;;;;. The molecule has 0 aliphatic rings. The monoisotopic (exact) mass is 200 g/mol. The molecule has 0 bridgehead atoms. The largest absolute Gasteiger partial charge is 0.106 e. The molecule has 14 heavy (non-hydrogen) atoms. The quantitative estimate of drug-likeness (QED) is 0.418. The van der Waals surface area contributed by atoms with E-state index in [2.05, 4.69) is 26.3 Å². The summed E-state index contributed by atoms with van der Waals surface area (Å²) in [6.07, 6.45) is 7.50. The van der Waals surface area contributed by atoms with Crippen LogP contribution in [-0.4, -0.2) is 0 Å². The van der Waals surface area contributed by atoms with Gasteiger partial charge in [-0.05, 0) is 27.7 Å². The van der Waals surface area contributed by atoms with Crippen LogP contribution in [0.1, 0.15) is 42.5 Å². The molecule has 0 heterocycles. The summed E-state index contributed by atoms with van der Waals surface area (Å²) < 4.78 is 0. The zero-order valence-corrected chi connectivity index (χ0v) is 9.14. The van der Waals surface area contributed by atoms with E-state index in [-0.39, 0.29) is 14.9 Å². The van der Waals surface area contributed by atoms with Gasteiger partial charge in [-0.15, -0.1) is 26.3 Å². The van der Waals surface area contributed by atoms with Crippen molar-refractivity contribution >= 4 is 0 Å². The van der Waals surface area contributed by atoms with Crippen LogP contribution < -0.4 is 0 Å². The van der Waals surface area contributed by atoms with Crippen LogP contribution in [0.3, 0.4) is 0 Å². The van der Waals surface area contributed by atoms with Gasteiger partial charge in [0.05, 0.1) is 0 Å². The molecule has 0 aliphatic heterocycles. The Morgan fingerprint density at radius 3 is 0.714 bits per heavy atom. The third-order valence-electron chi connectivity index (χ3n) is 0.333. The van der Waals surface area contributed by atoms with Gasteiger partial charge in [0.1, 0.15) is 0 Å². The Hall–Kier alpha value is -1.04. The van der Waals surface area contributed by atoms with Gasteiger partial charge in [-0.2, -0.15) is 0 Å². The number of allylic oxidation sites excluding steroid dienone is 4. The molecule has 0 fully saturated rings. The minimum atomic E-state index is 0. The molecule has 0 aromatic rings. The van der Waals surface area contributed by atoms with Gasteiger partial charge in [-0.3, -0.25) is 0 Å². The summed E-state index contributed by atoms with van der Waals surface area (Å²) >= 11 is 0. The van der Waals surface area contributed by atoms with Crippen molar-refractivity contribution in [1.29, 1.82) is 0 Å². The molecule has 0 unspecified atom stereocenters. The van der Waals surface area contributed by atoms with Crippen LogP contribution in [0.4, 0.5) is 0 Å². The Kier molecular flexibility index (Phi) is 448. The van der Waals surface area contributed by atoms with Crippen molar-refractivity contribution in [1.82, 2.24) is 0 Å². The van der Waals surface area contributed by atoms with Gasteiger partial charge in [0.25, 0.3) is 0 Å². The Morgan fingerprint density at radius 1 is 0.643 bits per heavy atom. The lowest BCUT2D eigenvalue weighted by atomic mass is 10.6. The Labute approximate surface area is 93.8 Å². The smallest absolute Gasteiger partial charge is 0.0470 e. The van der Waals surface area contributed by atoms with E-state index in [1.54, 1.807) is 12.2 Å². The van der Waals surface area contributed by atoms with Crippen LogP contribution in [0.5, 0.6) is 0 Å². The first-order valence-corrected chi connectivity index (χ1v) is 3.96. The highest BCUT2D eigenvalue weighted by atomic mass is 13.4. The molecular formula is C14H32. The third-order valence-corrected chi connectivity index (χ3v) is 0.333. The van der Waals surface area contributed by atoms with E-state index in [0.717, 1.165) is 0 Å². The first-order chi connectivity index (χ1) is 5.74. The predicted octanol–water partition coefficient (Wildman–Crippen LogP) is 6.04. The van der Waals surface area contributed by atoms with Gasteiger partial charge in [0.15, 0.2) is 0 Å². The molecule has 0 N–H and O–H groups in total. The molecule has 0 spiro atoms. The summed E-state index contributed by atoms with van der Waals surface area (Å²) in [5, 5.41) is 0. The molecule has 0 aromatic heterocycles. The van der Waals surface area contributed by atoms with Crippen molar-refractivity contribution in [2.24, 2.45) is 0 Å². The van der Waals surface area contributed by atoms with Crippen molar-refractivity contribution in [3.63, 3.8) is 0 Å². The SMILES string of the molecule is C.C.C/C=C\C.C=C.C=CC.C=CC. The van der Waals surface area contributed by atoms with Crippen LogP contribution in [0.25, 0.3) is 0 Å². The average molecular weight is 200 g/mol. The van der Waals surface area contributed by atoms with Crippen molar-refractivity contribution in [2.75, 3.05) is 0 Å². The highest BCUT2D eigenvalue weighted by Crippen LogP contribution is 1.57. The van der Waals surface area contributed by atoms with Crippen LogP contribution in [0.2, 0.25) is 0 Å². The minimum absolute atomic E-state index is 0. The molecule has 0 saturated heterocycles. The normalized spacial score (nSPS) is 4.86. The molecule has 0 rings (SSSR count). The number of rotatable bonds is 0. The van der Waals surface area contributed by atoms with E-state index in [0.29, 0.717) is 0 Å². The second-order valence-corrected chi connectivity index (χ2v) is 1.48. The lowest BCUT2D eigenvalue weighted by Crippen LogP contribution is -1.26. The van der Waals surface area contributed by atoms with Crippen molar-refractivity contribution in [3.8, 4) is 0 Å². The van der Waals surface area contributed by atoms with Gasteiger partial charge >= 0.3 is 0 Å². The van der Waals surface area contributed by atoms with Gasteiger partial charge in [-0.25, -0.2) is 0 Å². The Balaban J connectivity index is -0.0000000149. The molecule has 0 radical (unpaired) electrons. The van der Waals surface area contributed by atoms with E-state index in [9.17, 15) is 0 Å². The highest BCUT2D eigenvalue weighted by Gasteiger charge is 1.34. The van der Waals surface area contributed by atoms with E-state index < -0.39 is 0 Å². The lowest BCUT2D eigenvalue weighted by Gasteiger charge is -1.49. The second-order valence-electron chi connectivity index (χ2n) is 1.48. The molecule has 0 amide bonds. The Morgan fingerprint density at radius 2 is 0.714 bits per heavy atom. The predicted molar refractivity (Wildman–Crippen MR) is 76.9 cm³/mol. The van der Waals surface area contributed by atoms with E-state index >= 15 is 0 Å². The maximum atomic E-state index is 3.36. The van der Waals surface area contributed by atoms with Gasteiger partial charge < -0.3 is 0 Å². The Bertz CT molecular complexity index is 68.0. The van der Waals surface area contributed by atoms with E-state index in [1.807, 2.05) is 39.8 Å². The topological polar surface area (TPSA) is 0 Å². The summed E-state index contributed by atoms with van der Waals surface area (Å²) in [4.78, 5) is 0. The zero-order chi connectivity index (χ0) is 10.8. The number of hydrogen-bond acceptors (Lipinski definition) is 0. The van der Waals surface area contributed by atoms with Crippen molar-refractivity contribution < 1.29 is 0 Å². The lowest BCUT2D eigenvalue weighted by molar-refractivity contribution is 1.64. The summed E-state index contributed by atoms with van der Waals surface area (Å²) in [6.45, 7) is 20.5. The maximum Gasteiger partial charge on any atom is -0.0470 e. The highest BCUT2D eigenvalue weighted by molar-refractivity contribution is 4.68. The van der Waals surface area contributed by atoms with Crippen LogP contribution in [0, 0.1) is 0 Å². The van der Waals surface area contributed by atoms with Gasteiger partial charge in [-0.1, -0.05) is 39.2 Å². The fraction of sp³-hybridized carbons (Fsp3) is 0.429. The van der Waals surface area contributed by atoms with Crippen molar-refractivity contribution in [2.45, 2.75) is 42.5 Å². The van der Waals surface area contributed by atoms with Gasteiger partial charge in [0.2, 0.25) is 0 Å². The molecule has 0 aliphatic carbocycles. The van der Waals surface area contributed by atoms with E-state index in [4.69, 9.17) is 0 Å². The fourth-order valence-corrected chi connectivity index (χ4v) is 0. The molecule has 0 nitrogen and oxygen atoms in total. The van der Waals surface area contributed by atoms with E-state index in [1.165, 1.54) is 0 Å². The van der Waals surface area contributed by atoms with Crippen LogP contribution in [-0.2, 0) is 0 Å².